The standard InChI is InChI=1S/C13H9BrCl2N2O2/c14-9-3-7-1-2-20-12(7)8(4-9)6-18-13(19)11(16)10(15)5-17-18/h3-5H,1-2,6H2. The number of hydrogen-bond acceptors (Lipinski definition) is 3. The third-order valence-electron chi connectivity index (χ3n) is 3.09. The Kier molecular flexibility index (Phi) is 3.75. The number of nitrogens with zero attached hydrogens (tertiary/aromatic N) is 2. The first-order valence-corrected chi connectivity index (χ1v) is 7.46. The predicted octanol–water partition coefficient (Wildman–Crippen LogP) is 3.30. The van der Waals surface area contributed by atoms with Gasteiger partial charge in [0.05, 0.1) is 24.4 Å². The van der Waals surface area contributed by atoms with E-state index in [0.717, 1.165) is 27.8 Å². The van der Waals surface area contributed by atoms with E-state index in [4.69, 9.17) is 27.9 Å². The lowest BCUT2D eigenvalue weighted by Gasteiger charge is -2.10. The van der Waals surface area contributed by atoms with Crippen LogP contribution in [0.2, 0.25) is 10.0 Å². The van der Waals surface area contributed by atoms with Gasteiger partial charge in [-0.3, -0.25) is 4.79 Å². The molecule has 2 aromatic rings. The molecule has 0 spiro atoms. The molecule has 0 aliphatic carbocycles. The number of halogens is 3. The van der Waals surface area contributed by atoms with Gasteiger partial charge in [-0.05, 0) is 17.7 Å². The molecule has 20 heavy (non-hydrogen) atoms. The molecule has 0 unspecified atom stereocenters. The van der Waals surface area contributed by atoms with E-state index in [9.17, 15) is 4.79 Å². The Labute approximate surface area is 133 Å². The first kappa shape index (κ1) is 13.9. The summed E-state index contributed by atoms with van der Waals surface area (Å²) in [6.07, 6.45) is 2.23. The predicted molar refractivity (Wildman–Crippen MR) is 81.0 cm³/mol. The average molecular weight is 376 g/mol. The molecule has 1 aromatic carbocycles. The van der Waals surface area contributed by atoms with Crippen LogP contribution in [0.5, 0.6) is 5.75 Å². The molecule has 7 heteroatoms. The Morgan fingerprint density at radius 1 is 1.40 bits per heavy atom. The SMILES string of the molecule is O=c1c(Cl)c(Cl)cnn1Cc1cc(Br)cc2c1OCC2. The zero-order valence-corrected chi connectivity index (χ0v) is 13.3. The number of ether oxygens (including phenoxy) is 1. The van der Waals surface area contributed by atoms with E-state index in [1.54, 1.807) is 0 Å². The van der Waals surface area contributed by atoms with E-state index in [1.165, 1.54) is 10.9 Å². The fraction of sp³-hybridized carbons (Fsp3) is 0.231. The number of aromatic nitrogens is 2. The van der Waals surface area contributed by atoms with Gasteiger partial charge in [0, 0.05) is 16.5 Å². The number of fused-ring (bicyclic) bond motifs is 1. The van der Waals surface area contributed by atoms with Crippen molar-refractivity contribution < 1.29 is 4.74 Å². The van der Waals surface area contributed by atoms with Gasteiger partial charge in [0.15, 0.2) is 0 Å². The summed E-state index contributed by atoms with van der Waals surface area (Å²) in [7, 11) is 0. The van der Waals surface area contributed by atoms with Gasteiger partial charge in [-0.25, -0.2) is 4.68 Å². The highest BCUT2D eigenvalue weighted by atomic mass is 79.9. The molecule has 1 aliphatic rings. The number of rotatable bonds is 2. The van der Waals surface area contributed by atoms with Crippen LogP contribution >= 0.6 is 39.1 Å². The average Bonchev–Trinajstić information content (AvgIpc) is 2.87. The second kappa shape index (κ2) is 5.39. The van der Waals surface area contributed by atoms with Crippen LogP contribution in [0.3, 0.4) is 0 Å². The highest BCUT2D eigenvalue weighted by molar-refractivity contribution is 9.10. The fourth-order valence-electron chi connectivity index (χ4n) is 2.18. The van der Waals surface area contributed by atoms with Gasteiger partial charge in [0.2, 0.25) is 0 Å². The van der Waals surface area contributed by atoms with Gasteiger partial charge < -0.3 is 4.74 Å². The molecule has 3 rings (SSSR count). The van der Waals surface area contributed by atoms with E-state index in [0.29, 0.717) is 6.61 Å². The van der Waals surface area contributed by atoms with Crippen LogP contribution in [0.25, 0.3) is 0 Å². The Bertz CT molecular complexity index is 746. The monoisotopic (exact) mass is 374 g/mol. The molecule has 0 fully saturated rings. The normalized spacial score (nSPS) is 13.2. The molecule has 1 aromatic heterocycles. The molecule has 104 valence electrons. The lowest BCUT2D eigenvalue weighted by Crippen LogP contribution is -2.24. The molecule has 1 aliphatic heterocycles. The van der Waals surface area contributed by atoms with Crippen molar-refractivity contribution >= 4 is 39.1 Å². The second-order valence-electron chi connectivity index (χ2n) is 4.42. The molecule has 0 amide bonds. The molecule has 0 bridgehead atoms. The molecule has 2 heterocycles. The van der Waals surface area contributed by atoms with Gasteiger partial charge >= 0.3 is 0 Å². The lowest BCUT2D eigenvalue weighted by atomic mass is 10.1. The van der Waals surface area contributed by atoms with Gasteiger partial charge in [-0.1, -0.05) is 39.1 Å². The van der Waals surface area contributed by atoms with Crippen LogP contribution in [0.4, 0.5) is 0 Å². The Morgan fingerprint density at radius 2 is 2.20 bits per heavy atom. The maximum Gasteiger partial charge on any atom is 0.287 e. The van der Waals surface area contributed by atoms with Crippen molar-refractivity contribution in [1.82, 2.24) is 9.78 Å². The van der Waals surface area contributed by atoms with Crippen molar-refractivity contribution in [1.29, 1.82) is 0 Å². The first-order valence-electron chi connectivity index (χ1n) is 5.91. The van der Waals surface area contributed by atoms with E-state index in [2.05, 4.69) is 21.0 Å². The summed E-state index contributed by atoms with van der Waals surface area (Å²) >= 11 is 15.1. The summed E-state index contributed by atoms with van der Waals surface area (Å²) in [6, 6.07) is 3.94. The molecule has 0 radical (unpaired) electrons. The second-order valence-corrected chi connectivity index (χ2v) is 6.12. The Balaban J connectivity index is 2.05. The zero-order valence-electron chi connectivity index (χ0n) is 10.2. The van der Waals surface area contributed by atoms with Crippen LogP contribution in [0.1, 0.15) is 11.1 Å². The summed E-state index contributed by atoms with van der Waals surface area (Å²) in [5.74, 6) is 0.827. The summed E-state index contributed by atoms with van der Waals surface area (Å²) in [6.45, 7) is 0.944. The van der Waals surface area contributed by atoms with Crippen LogP contribution < -0.4 is 10.3 Å². The first-order chi connectivity index (χ1) is 9.56. The molecule has 0 atom stereocenters. The van der Waals surface area contributed by atoms with Crippen LogP contribution in [0, 0.1) is 0 Å². The minimum absolute atomic E-state index is 0.0192. The minimum Gasteiger partial charge on any atom is -0.493 e. The molecule has 4 nitrogen and oxygen atoms in total. The topological polar surface area (TPSA) is 44.1 Å². The quantitative estimate of drug-likeness (QED) is 0.808. The Hall–Kier alpha value is -1.04. The summed E-state index contributed by atoms with van der Waals surface area (Å²) < 4.78 is 7.85. The van der Waals surface area contributed by atoms with Crippen molar-refractivity contribution in [3.63, 3.8) is 0 Å². The van der Waals surface area contributed by atoms with Crippen molar-refractivity contribution in [3.05, 3.63) is 54.3 Å². The third-order valence-corrected chi connectivity index (χ3v) is 4.29. The summed E-state index contributed by atoms with van der Waals surface area (Å²) in [5.41, 5.74) is 1.60. The van der Waals surface area contributed by atoms with Gasteiger partial charge in [0.25, 0.3) is 5.56 Å². The summed E-state index contributed by atoms with van der Waals surface area (Å²) in [4.78, 5) is 12.0. The molecular weight excluding hydrogens is 367 g/mol. The highest BCUT2D eigenvalue weighted by Gasteiger charge is 2.18. The fourth-order valence-corrected chi connectivity index (χ4v) is 3.01. The summed E-state index contributed by atoms with van der Waals surface area (Å²) in [5, 5.41) is 4.14. The number of benzene rings is 1. The van der Waals surface area contributed by atoms with E-state index < -0.39 is 5.56 Å². The van der Waals surface area contributed by atoms with Crippen LogP contribution in [-0.2, 0) is 13.0 Å². The van der Waals surface area contributed by atoms with E-state index in [-0.39, 0.29) is 16.6 Å². The number of hydrogen-bond donors (Lipinski definition) is 0. The van der Waals surface area contributed by atoms with Gasteiger partial charge in [-0.15, -0.1) is 0 Å². The van der Waals surface area contributed by atoms with Crippen LogP contribution in [-0.4, -0.2) is 16.4 Å². The Morgan fingerprint density at radius 3 is 3.00 bits per heavy atom. The van der Waals surface area contributed by atoms with Crippen LogP contribution in [0.15, 0.2) is 27.6 Å². The highest BCUT2D eigenvalue weighted by Crippen LogP contribution is 2.33. The van der Waals surface area contributed by atoms with Crippen molar-refractivity contribution in [3.8, 4) is 5.75 Å². The van der Waals surface area contributed by atoms with E-state index >= 15 is 0 Å². The van der Waals surface area contributed by atoms with Gasteiger partial charge in [0.1, 0.15) is 10.8 Å². The minimum atomic E-state index is -0.411. The molecule has 0 saturated carbocycles. The largest absolute Gasteiger partial charge is 0.493 e. The molecular formula is C13H9BrCl2N2O2. The smallest absolute Gasteiger partial charge is 0.287 e. The van der Waals surface area contributed by atoms with E-state index in [1.807, 2.05) is 12.1 Å². The zero-order chi connectivity index (χ0) is 14.3. The molecule has 0 N–H and O–H groups in total. The van der Waals surface area contributed by atoms with Crippen molar-refractivity contribution in [2.75, 3.05) is 6.61 Å². The third kappa shape index (κ3) is 2.45. The van der Waals surface area contributed by atoms with Crippen molar-refractivity contribution in [2.24, 2.45) is 0 Å². The molecule has 0 saturated heterocycles. The van der Waals surface area contributed by atoms with Gasteiger partial charge in [-0.2, -0.15) is 5.10 Å². The van der Waals surface area contributed by atoms with Crippen molar-refractivity contribution in [2.45, 2.75) is 13.0 Å². The maximum absolute atomic E-state index is 12.0. The maximum atomic E-state index is 12.0. The lowest BCUT2D eigenvalue weighted by molar-refractivity contribution is 0.352.